The van der Waals surface area contributed by atoms with Gasteiger partial charge in [0.1, 0.15) is 0 Å². The molecule has 3 fully saturated rings. The zero-order valence-electron chi connectivity index (χ0n) is 20.5. The number of alkyl halides is 1. The first-order valence-corrected chi connectivity index (χ1v) is 13.0. The first-order chi connectivity index (χ1) is 16.9. The third kappa shape index (κ3) is 4.26. The number of fused-ring (bicyclic) bond motifs is 2. The highest BCUT2D eigenvalue weighted by Gasteiger charge is 2.62. The SMILES string of the molecule is CC(F)c1cc(C23CC2CN(CCC2CCC(NC(=O)c4cccc5nn(C)cc45)CC2)C3)no1. The van der Waals surface area contributed by atoms with E-state index in [0.717, 1.165) is 68.3 Å². The Morgan fingerprint density at radius 1 is 1.31 bits per heavy atom. The number of benzene rings is 1. The Balaban J connectivity index is 0.970. The predicted octanol–water partition coefficient (Wildman–Crippen LogP) is 4.54. The second-order valence-corrected chi connectivity index (χ2v) is 11.0. The summed E-state index contributed by atoms with van der Waals surface area (Å²) in [7, 11) is 1.88. The number of piperidine rings is 1. The third-order valence-corrected chi connectivity index (χ3v) is 8.59. The summed E-state index contributed by atoms with van der Waals surface area (Å²) in [4.78, 5) is 15.5. The third-order valence-electron chi connectivity index (χ3n) is 8.59. The molecule has 7 nitrogen and oxygen atoms in total. The van der Waals surface area contributed by atoms with Crippen LogP contribution in [0.25, 0.3) is 10.9 Å². The highest BCUT2D eigenvalue weighted by atomic mass is 19.1. The molecule has 3 unspecified atom stereocenters. The van der Waals surface area contributed by atoms with Crippen LogP contribution in [0.1, 0.15) is 73.4 Å². The van der Waals surface area contributed by atoms with Crippen molar-refractivity contribution in [1.82, 2.24) is 25.2 Å². The van der Waals surface area contributed by atoms with E-state index >= 15 is 0 Å². The van der Waals surface area contributed by atoms with E-state index in [1.165, 1.54) is 13.3 Å². The number of amides is 1. The number of hydrogen-bond donors (Lipinski definition) is 1. The van der Waals surface area contributed by atoms with Crippen LogP contribution in [0.15, 0.2) is 35.0 Å². The van der Waals surface area contributed by atoms with Gasteiger partial charge >= 0.3 is 0 Å². The molecule has 3 aliphatic rings. The van der Waals surface area contributed by atoms with Crippen molar-refractivity contribution in [2.45, 2.75) is 63.1 Å². The molecule has 3 aromatic rings. The molecule has 35 heavy (non-hydrogen) atoms. The summed E-state index contributed by atoms with van der Waals surface area (Å²) in [5.74, 6) is 1.70. The summed E-state index contributed by atoms with van der Waals surface area (Å²) in [6, 6.07) is 7.80. The van der Waals surface area contributed by atoms with Crippen LogP contribution in [0.2, 0.25) is 0 Å². The van der Waals surface area contributed by atoms with Crippen LogP contribution in [0.4, 0.5) is 4.39 Å². The number of aromatic nitrogens is 3. The Labute approximate surface area is 205 Å². The Morgan fingerprint density at radius 3 is 2.91 bits per heavy atom. The summed E-state index contributed by atoms with van der Waals surface area (Å²) in [5, 5.41) is 12.8. The minimum absolute atomic E-state index is 0.00630. The number of likely N-dealkylation sites (tertiary alicyclic amines) is 1. The Bertz CT molecular complexity index is 1230. The predicted molar refractivity (Wildman–Crippen MR) is 131 cm³/mol. The zero-order chi connectivity index (χ0) is 24.2. The van der Waals surface area contributed by atoms with E-state index in [0.29, 0.717) is 23.2 Å². The molecule has 2 saturated carbocycles. The van der Waals surface area contributed by atoms with E-state index < -0.39 is 6.17 Å². The number of aryl methyl sites for hydroxylation is 1. The van der Waals surface area contributed by atoms with Gasteiger partial charge in [0.2, 0.25) is 0 Å². The molecule has 1 aliphatic heterocycles. The number of rotatable bonds is 7. The second kappa shape index (κ2) is 8.73. The van der Waals surface area contributed by atoms with Crippen molar-refractivity contribution in [2.24, 2.45) is 18.9 Å². The van der Waals surface area contributed by atoms with Gasteiger partial charge in [-0.05, 0) is 76.0 Å². The Hall–Kier alpha value is -2.74. The van der Waals surface area contributed by atoms with Gasteiger partial charge in [0.25, 0.3) is 5.91 Å². The lowest BCUT2D eigenvalue weighted by Crippen LogP contribution is -2.38. The lowest BCUT2D eigenvalue weighted by atomic mass is 9.84. The number of nitrogens with one attached hydrogen (secondary N) is 1. The maximum atomic E-state index is 13.6. The summed E-state index contributed by atoms with van der Waals surface area (Å²) in [6.07, 6.45) is 7.54. The molecule has 2 aliphatic carbocycles. The molecule has 3 heterocycles. The summed E-state index contributed by atoms with van der Waals surface area (Å²) in [5.41, 5.74) is 2.60. The second-order valence-electron chi connectivity index (χ2n) is 11.0. The molecule has 1 aromatic carbocycles. The van der Waals surface area contributed by atoms with Crippen molar-refractivity contribution < 1.29 is 13.7 Å². The van der Waals surface area contributed by atoms with Crippen molar-refractivity contribution in [3.05, 3.63) is 47.5 Å². The van der Waals surface area contributed by atoms with Crippen LogP contribution in [-0.4, -0.2) is 51.4 Å². The lowest BCUT2D eigenvalue weighted by Gasteiger charge is -2.30. The molecule has 2 aromatic heterocycles. The van der Waals surface area contributed by atoms with Crippen molar-refractivity contribution in [2.75, 3.05) is 19.6 Å². The molecular formula is C27H34FN5O2. The van der Waals surface area contributed by atoms with E-state index in [2.05, 4.69) is 20.5 Å². The highest BCUT2D eigenvalue weighted by molar-refractivity contribution is 6.06. The molecule has 1 saturated heterocycles. The minimum Gasteiger partial charge on any atom is -0.358 e. The fraction of sp³-hybridized carbons (Fsp3) is 0.593. The van der Waals surface area contributed by atoms with Crippen molar-refractivity contribution in [1.29, 1.82) is 0 Å². The van der Waals surface area contributed by atoms with Crippen LogP contribution in [0.3, 0.4) is 0 Å². The molecule has 1 amide bonds. The fourth-order valence-corrected chi connectivity index (χ4v) is 6.45. The van der Waals surface area contributed by atoms with Crippen LogP contribution in [0, 0.1) is 11.8 Å². The minimum atomic E-state index is -1.11. The topological polar surface area (TPSA) is 76.2 Å². The van der Waals surface area contributed by atoms with E-state index in [1.807, 2.05) is 37.5 Å². The molecule has 186 valence electrons. The van der Waals surface area contributed by atoms with Gasteiger partial charge in [-0.2, -0.15) is 5.10 Å². The average Bonchev–Trinajstić information content (AvgIpc) is 3.24. The van der Waals surface area contributed by atoms with Crippen molar-refractivity contribution in [3.63, 3.8) is 0 Å². The monoisotopic (exact) mass is 479 g/mol. The van der Waals surface area contributed by atoms with Crippen LogP contribution >= 0.6 is 0 Å². The van der Waals surface area contributed by atoms with Crippen LogP contribution < -0.4 is 5.32 Å². The van der Waals surface area contributed by atoms with Gasteiger partial charge in [0, 0.05) is 49.2 Å². The molecule has 1 N–H and O–H groups in total. The number of hydrogen-bond acceptors (Lipinski definition) is 5. The van der Waals surface area contributed by atoms with Gasteiger partial charge in [-0.25, -0.2) is 4.39 Å². The molecular weight excluding hydrogens is 445 g/mol. The summed E-state index contributed by atoms with van der Waals surface area (Å²) < 4.78 is 20.5. The Morgan fingerprint density at radius 2 is 2.14 bits per heavy atom. The number of halogens is 1. The summed E-state index contributed by atoms with van der Waals surface area (Å²) in [6.45, 7) is 4.72. The normalized spacial score (nSPS) is 29.3. The maximum Gasteiger partial charge on any atom is 0.252 e. The number of carbonyl (C=O) groups is 1. The molecule has 0 radical (unpaired) electrons. The summed E-state index contributed by atoms with van der Waals surface area (Å²) >= 11 is 0. The molecule has 8 heteroatoms. The van der Waals surface area contributed by atoms with Gasteiger partial charge in [-0.1, -0.05) is 11.2 Å². The first-order valence-electron chi connectivity index (χ1n) is 13.0. The standard InChI is InChI=1S/C27H34FN5O2/c1-17(28)24-12-25(31-35-24)27-13-19(27)14-33(16-27)11-10-18-6-8-20(9-7-18)29-26(34)21-4-3-5-23-22(21)15-32(2)30-23/h3-5,12,15,17-20H,6-11,13-14,16H2,1-2H3,(H,29,34). The van der Waals surface area contributed by atoms with Gasteiger partial charge in [-0.3, -0.25) is 9.48 Å². The van der Waals surface area contributed by atoms with E-state index in [4.69, 9.17) is 4.52 Å². The fourth-order valence-electron chi connectivity index (χ4n) is 6.45. The zero-order valence-corrected chi connectivity index (χ0v) is 20.5. The van der Waals surface area contributed by atoms with Crippen LogP contribution in [0.5, 0.6) is 0 Å². The first kappa shape index (κ1) is 22.7. The van der Waals surface area contributed by atoms with Crippen LogP contribution in [-0.2, 0) is 12.5 Å². The number of carbonyl (C=O) groups excluding carboxylic acids is 1. The lowest BCUT2D eigenvalue weighted by molar-refractivity contribution is 0.0921. The Kier molecular flexibility index (Phi) is 5.66. The molecule has 3 atom stereocenters. The van der Waals surface area contributed by atoms with E-state index in [1.54, 1.807) is 4.68 Å². The van der Waals surface area contributed by atoms with Gasteiger partial charge in [0.15, 0.2) is 11.9 Å². The molecule has 0 bridgehead atoms. The number of nitrogens with zero attached hydrogens (tertiary/aromatic N) is 4. The van der Waals surface area contributed by atoms with E-state index in [9.17, 15) is 9.18 Å². The highest BCUT2D eigenvalue weighted by Crippen LogP contribution is 2.58. The smallest absolute Gasteiger partial charge is 0.252 e. The molecule has 6 rings (SSSR count). The van der Waals surface area contributed by atoms with Crippen molar-refractivity contribution in [3.8, 4) is 0 Å². The quantitative estimate of drug-likeness (QED) is 0.538. The van der Waals surface area contributed by atoms with E-state index in [-0.39, 0.29) is 17.4 Å². The largest absolute Gasteiger partial charge is 0.358 e. The van der Waals surface area contributed by atoms with Gasteiger partial charge < -0.3 is 14.7 Å². The van der Waals surface area contributed by atoms with Gasteiger partial charge in [0.05, 0.1) is 16.8 Å². The molecule has 0 spiro atoms. The van der Waals surface area contributed by atoms with Gasteiger partial charge in [-0.15, -0.1) is 0 Å². The van der Waals surface area contributed by atoms with Crippen molar-refractivity contribution >= 4 is 16.8 Å². The maximum absolute atomic E-state index is 13.6. The average molecular weight is 480 g/mol.